The van der Waals surface area contributed by atoms with Gasteiger partial charge in [-0.15, -0.1) is 11.3 Å². The van der Waals surface area contributed by atoms with Crippen LogP contribution in [0.4, 0.5) is 10.8 Å². The highest BCUT2D eigenvalue weighted by atomic mass is 32.1. The Morgan fingerprint density at radius 1 is 0.963 bits per heavy atom. The minimum atomic E-state index is 0.194. The summed E-state index contributed by atoms with van der Waals surface area (Å²) >= 11 is 1.58. The van der Waals surface area contributed by atoms with Crippen LogP contribution in [0.5, 0.6) is 5.75 Å². The van der Waals surface area contributed by atoms with Crippen LogP contribution < -0.4 is 5.32 Å². The van der Waals surface area contributed by atoms with Gasteiger partial charge in [0.1, 0.15) is 5.75 Å². The lowest BCUT2D eigenvalue weighted by atomic mass is 9.63. The van der Waals surface area contributed by atoms with Crippen molar-refractivity contribution in [2.45, 2.75) is 51.4 Å². The Morgan fingerprint density at radius 2 is 1.70 bits per heavy atom. The molecule has 0 spiro atoms. The lowest BCUT2D eigenvalue weighted by Gasteiger charge is -2.42. The molecule has 0 unspecified atom stereocenters. The predicted octanol–water partition coefficient (Wildman–Crippen LogP) is 6.61. The van der Waals surface area contributed by atoms with Crippen LogP contribution in [0.25, 0.3) is 11.3 Å². The van der Waals surface area contributed by atoms with E-state index in [2.05, 4.69) is 56.6 Å². The van der Waals surface area contributed by atoms with Crippen molar-refractivity contribution >= 4 is 22.2 Å². The second-order valence-corrected chi connectivity index (χ2v) is 9.60. The molecule has 1 aliphatic rings. The number of aromatic hydroxyl groups is 1. The molecule has 2 aromatic carbocycles. The number of fused-ring (bicyclic) bond motifs is 1. The molecule has 0 aliphatic heterocycles. The van der Waals surface area contributed by atoms with Gasteiger partial charge in [0.25, 0.3) is 0 Å². The van der Waals surface area contributed by atoms with Gasteiger partial charge in [0.2, 0.25) is 0 Å². The van der Waals surface area contributed by atoms with Crippen LogP contribution in [0.15, 0.2) is 47.8 Å². The van der Waals surface area contributed by atoms with Crippen molar-refractivity contribution in [3.63, 3.8) is 0 Å². The van der Waals surface area contributed by atoms with Crippen LogP contribution >= 0.6 is 11.3 Å². The summed E-state index contributed by atoms with van der Waals surface area (Å²) in [5.74, 6) is 0.247. The van der Waals surface area contributed by atoms with E-state index in [1.807, 2.05) is 12.1 Å². The number of anilines is 2. The predicted molar refractivity (Wildman–Crippen MR) is 114 cm³/mol. The van der Waals surface area contributed by atoms with E-state index in [0.717, 1.165) is 16.5 Å². The molecule has 2 N–H and O–H groups in total. The summed E-state index contributed by atoms with van der Waals surface area (Å²) in [5.41, 5.74) is 6.34. The molecule has 4 heteroatoms. The number of aromatic nitrogens is 1. The smallest absolute Gasteiger partial charge is 0.187 e. The number of hydrogen-bond acceptors (Lipinski definition) is 4. The molecule has 0 amide bonds. The molecule has 0 saturated carbocycles. The minimum Gasteiger partial charge on any atom is -0.508 e. The fourth-order valence-corrected chi connectivity index (χ4v) is 4.66. The zero-order valence-electron chi connectivity index (χ0n) is 16.3. The van der Waals surface area contributed by atoms with Crippen LogP contribution in [0.1, 0.15) is 51.7 Å². The summed E-state index contributed by atoms with van der Waals surface area (Å²) in [4.78, 5) is 4.76. The summed E-state index contributed by atoms with van der Waals surface area (Å²) in [6.45, 7) is 9.39. The average Bonchev–Trinajstić information content (AvgIpc) is 3.07. The van der Waals surface area contributed by atoms with Crippen LogP contribution in [-0.4, -0.2) is 10.1 Å². The van der Waals surface area contributed by atoms with E-state index >= 15 is 0 Å². The molecule has 4 rings (SSSR count). The number of phenolic OH excluding ortho intramolecular Hbond substituents is 1. The number of nitrogens with zero attached hydrogens (tertiary/aromatic N) is 1. The third-order valence-electron chi connectivity index (χ3n) is 5.75. The number of rotatable bonds is 3. The van der Waals surface area contributed by atoms with Gasteiger partial charge in [0, 0.05) is 22.7 Å². The second-order valence-electron chi connectivity index (χ2n) is 8.74. The van der Waals surface area contributed by atoms with Crippen molar-refractivity contribution in [2.75, 3.05) is 5.32 Å². The van der Waals surface area contributed by atoms with Gasteiger partial charge in [-0.1, -0.05) is 45.9 Å². The Balaban J connectivity index is 1.66. The molecule has 3 aromatic rings. The second kappa shape index (κ2) is 6.38. The number of hydrogen-bond donors (Lipinski definition) is 2. The number of nitrogens with one attached hydrogen (secondary N) is 1. The maximum atomic E-state index is 9.62. The van der Waals surface area contributed by atoms with E-state index in [0.29, 0.717) is 0 Å². The van der Waals surface area contributed by atoms with Crippen molar-refractivity contribution in [1.29, 1.82) is 0 Å². The molecule has 0 bridgehead atoms. The van der Waals surface area contributed by atoms with E-state index in [-0.39, 0.29) is 16.6 Å². The highest BCUT2D eigenvalue weighted by molar-refractivity contribution is 7.14. The number of phenols is 1. The normalized spacial score (nSPS) is 17.3. The van der Waals surface area contributed by atoms with Gasteiger partial charge < -0.3 is 10.4 Å². The molecular formula is C23H26N2OS. The van der Waals surface area contributed by atoms with Crippen LogP contribution in [0, 0.1) is 0 Å². The van der Waals surface area contributed by atoms with Gasteiger partial charge in [-0.05, 0) is 53.0 Å². The summed E-state index contributed by atoms with van der Waals surface area (Å²) in [6.07, 6.45) is 2.43. The first kappa shape index (κ1) is 18.1. The minimum absolute atomic E-state index is 0.194. The Hall–Kier alpha value is -2.33. The molecule has 1 heterocycles. The summed E-state index contributed by atoms with van der Waals surface area (Å²) in [6, 6.07) is 13.9. The van der Waals surface area contributed by atoms with Gasteiger partial charge in [0.15, 0.2) is 5.13 Å². The van der Waals surface area contributed by atoms with Gasteiger partial charge in [-0.2, -0.15) is 0 Å². The Bertz CT molecular complexity index is 988. The summed E-state index contributed by atoms with van der Waals surface area (Å²) in [7, 11) is 0. The lowest BCUT2D eigenvalue weighted by Crippen LogP contribution is -2.33. The first-order valence-electron chi connectivity index (χ1n) is 9.42. The molecule has 0 atom stereocenters. The molecule has 0 saturated heterocycles. The van der Waals surface area contributed by atoms with E-state index in [4.69, 9.17) is 4.98 Å². The Labute approximate surface area is 165 Å². The zero-order valence-corrected chi connectivity index (χ0v) is 17.2. The van der Waals surface area contributed by atoms with Crippen molar-refractivity contribution in [3.05, 3.63) is 59.0 Å². The Morgan fingerprint density at radius 3 is 2.44 bits per heavy atom. The molecule has 0 radical (unpaired) electrons. The van der Waals surface area contributed by atoms with Crippen LogP contribution in [0.3, 0.4) is 0 Å². The highest BCUT2D eigenvalue weighted by Crippen LogP contribution is 2.46. The average molecular weight is 379 g/mol. The lowest BCUT2D eigenvalue weighted by molar-refractivity contribution is 0.332. The molecule has 3 nitrogen and oxygen atoms in total. The van der Waals surface area contributed by atoms with Crippen LogP contribution in [0.2, 0.25) is 0 Å². The molecule has 1 aromatic heterocycles. The van der Waals surface area contributed by atoms with Crippen molar-refractivity contribution in [1.82, 2.24) is 4.98 Å². The summed E-state index contributed by atoms with van der Waals surface area (Å²) < 4.78 is 0. The molecule has 1 aliphatic carbocycles. The third-order valence-corrected chi connectivity index (χ3v) is 6.51. The van der Waals surface area contributed by atoms with Crippen molar-refractivity contribution < 1.29 is 5.11 Å². The molecule has 27 heavy (non-hydrogen) atoms. The largest absolute Gasteiger partial charge is 0.508 e. The van der Waals surface area contributed by atoms with E-state index in [9.17, 15) is 5.11 Å². The third kappa shape index (κ3) is 3.46. The van der Waals surface area contributed by atoms with Crippen molar-refractivity contribution in [2.24, 2.45) is 0 Å². The molecule has 0 fully saturated rings. The fourth-order valence-electron chi connectivity index (χ4n) is 3.92. The van der Waals surface area contributed by atoms with Gasteiger partial charge in [-0.3, -0.25) is 0 Å². The molecule has 140 valence electrons. The number of thiazole rings is 1. The highest BCUT2D eigenvalue weighted by Gasteiger charge is 2.37. The monoisotopic (exact) mass is 378 g/mol. The standard InChI is InChI=1S/C23H26N2OS/c1-22(2)10-11-23(3,4)19-12-15(8-9-18(19)22)20-14-27-21(25-20)24-16-6-5-7-17(26)13-16/h5-9,12-14,26H,10-11H2,1-4H3,(H,24,25). The van der Waals surface area contributed by atoms with Gasteiger partial charge in [0.05, 0.1) is 5.69 Å². The van der Waals surface area contributed by atoms with E-state index in [1.54, 1.807) is 23.5 Å². The zero-order chi connectivity index (χ0) is 19.2. The van der Waals surface area contributed by atoms with E-state index in [1.165, 1.54) is 29.5 Å². The van der Waals surface area contributed by atoms with E-state index < -0.39 is 0 Å². The topological polar surface area (TPSA) is 45.1 Å². The van der Waals surface area contributed by atoms with Gasteiger partial charge in [-0.25, -0.2) is 4.98 Å². The fraction of sp³-hybridized carbons (Fsp3) is 0.348. The first-order chi connectivity index (χ1) is 12.7. The maximum Gasteiger partial charge on any atom is 0.187 e. The maximum absolute atomic E-state index is 9.62. The number of benzene rings is 2. The Kier molecular flexibility index (Phi) is 4.26. The summed E-state index contributed by atoms with van der Waals surface area (Å²) in [5, 5.41) is 15.8. The van der Waals surface area contributed by atoms with Crippen molar-refractivity contribution in [3.8, 4) is 17.0 Å². The molecular weight excluding hydrogens is 352 g/mol. The first-order valence-corrected chi connectivity index (χ1v) is 10.3. The van der Waals surface area contributed by atoms with Crippen LogP contribution in [-0.2, 0) is 10.8 Å². The quantitative estimate of drug-likeness (QED) is 0.539. The SMILES string of the molecule is CC1(C)CCC(C)(C)c2cc(-c3csc(Nc4cccc(O)c4)n3)ccc21. The van der Waals surface area contributed by atoms with Gasteiger partial charge >= 0.3 is 0 Å².